The third kappa shape index (κ3) is 4.17. The zero-order valence-corrected chi connectivity index (χ0v) is 15.1. The second-order valence-corrected chi connectivity index (χ2v) is 7.82. The summed E-state index contributed by atoms with van der Waals surface area (Å²) in [6, 6.07) is 6.66. The summed E-state index contributed by atoms with van der Waals surface area (Å²) in [6.45, 7) is 0.225. The highest BCUT2D eigenvalue weighted by Gasteiger charge is 2.31. The Balaban J connectivity index is 1.55. The van der Waals surface area contributed by atoms with Crippen molar-refractivity contribution in [3.63, 3.8) is 0 Å². The van der Waals surface area contributed by atoms with Gasteiger partial charge < -0.3 is 14.6 Å². The van der Waals surface area contributed by atoms with Crippen LogP contribution in [0.4, 0.5) is 4.39 Å². The Kier molecular flexibility index (Phi) is 5.57. The molecule has 0 radical (unpaired) electrons. The number of halogens is 1. The van der Waals surface area contributed by atoms with Gasteiger partial charge in [0.25, 0.3) is 5.91 Å². The maximum absolute atomic E-state index is 13.8. The monoisotopic (exact) mass is 395 g/mol. The number of hydrogen-bond donors (Lipinski definition) is 1. The van der Waals surface area contributed by atoms with Gasteiger partial charge in [-0.25, -0.2) is 12.8 Å². The van der Waals surface area contributed by atoms with E-state index >= 15 is 0 Å². The van der Waals surface area contributed by atoms with E-state index in [2.05, 4.69) is 5.32 Å². The van der Waals surface area contributed by atoms with Crippen LogP contribution < -0.4 is 5.32 Å². The number of hydrogen-bond acceptors (Lipinski definition) is 5. The summed E-state index contributed by atoms with van der Waals surface area (Å²) in [5, 5.41) is 2.49. The largest absolute Gasteiger partial charge is 0.472 e. The van der Waals surface area contributed by atoms with Crippen molar-refractivity contribution in [1.29, 1.82) is 0 Å². The van der Waals surface area contributed by atoms with Crippen LogP contribution in [0.5, 0.6) is 0 Å². The summed E-state index contributed by atoms with van der Waals surface area (Å²) >= 11 is 0. The molecule has 1 aliphatic rings. The molecule has 0 saturated carbocycles. The first-order valence-electron chi connectivity index (χ1n) is 8.22. The van der Waals surface area contributed by atoms with Gasteiger partial charge in [0.05, 0.1) is 18.4 Å². The van der Waals surface area contributed by atoms with Crippen molar-refractivity contribution in [2.45, 2.75) is 4.90 Å². The quantitative estimate of drug-likeness (QED) is 0.803. The van der Waals surface area contributed by atoms with Crippen molar-refractivity contribution in [3.05, 3.63) is 54.2 Å². The first-order valence-corrected chi connectivity index (χ1v) is 9.66. The molecule has 27 heavy (non-hydrogen) atoms. The molecule has 1 aromatic heterocycles. The molecule has 0 aliphatic carbocycles. The first kappa shape index (κ1) is 19.1. The molecule has 0 spiro atoms. The average molecular weight is 395 g/mol. The van der Waals surface area contributed by atoms with Gasteiger partial charge >= 0.3 is 0 Å². The Bertz CT molecular complexity index is 922. The highest BCUT2D eigenvalue weighted by atomic mass is 32.2. The number of benzene rings is 1. The van der Waals surface area contributed by atoms with E-state index in [1.165, 1.54) is 41.7 Å². The van der Waals surface area contributed by atoms with E-state index in [1.54, 1.807) is 0 Å². The Morgan fingerprint density at radius 3 is 2.44 bits per heavy atom. The number of nitrogens with zero attached hydrogens (tertiary/aromatic N) is 2. The fourth-order valence-corrected chi connectivity index (χ4v) is 4.22. The van der Waals surface area contributed by atoms with E-state index in [4.69, 9.17) is 4.42 Å². The first-order chi connectivity index (χ1) is 12.9. The van der Waals surface area contributed by atoms with Gasteiger partial charge in [0.15, 0.2) is 0 Å². The van der Waals surface area contributed by atoms with Gasteiger partial charge in [-0.1, -0.05) is 12.1 Å². The average Bonchev–Trinajstić information content (AvgIpc) is 3.21. The molecule has 10 heteroatoms. The third-order valence-electron chi connectivity index (χ3n) is 4.23. The molecule has 0 atom stereocenters. The van der Waals surface area contributed by atoms with Gasteiger partial charge in [0.1, 0.15) is 17.0 Å². The number of nitrogens with one attached hydrogen (secondary N) is 1. The summed E-state index contributed by atoms with van der Waals surface area (Å²) in [7, 11) is -3.96. The van der Waals surface area contributed by atoms with Gasteiger partial charge in [-0.05, 0) is 18.2 Å². The van der Waals surface area contributed by atoms with Crippen LogP contribution in [-0.2, 0) is 14.8 Å². The topological polar surface area (TPSA) is 99.9 Å². The van der Waals surface area contributed by atoms with Crippen LogP contribution in [0.25, 0.3) is 0 Å². The molecule has 1 aliphatic heterocycles. The van der Waals surface area contributed by atoms with Crippen LogP contribution in [0.15, 0.2) is 52.2 Å². The third-order valence-corrected chi connectivity index (χ3v) is 6.16. The second-order valence-electron chi connectivity index (χ2n) is 5.91. The number of sulfonamides is 1. The summed E-state index contributed by atoms with van der Waals surface area (Å²) in [4.78, 5) is 25.1. The Hall–Kier alpha value is -2.72. The Morgan fingerprint density at radius 1 is 1.11 bits per heavy atom. The molecule has 2 amide bonds. The van der Waals surface area contributed by atoms with Gasteiger partial charge in [-0.2, -0.15) is 4.31 Å². The van der Waals surface area contributed by atoms with Crippen LogP contribution >= 0.6 is 0 Å². The van der Waals surface area contributed by atoms with Crippen molar-refractivity contribution in [3.8, 4) is 0 Å². The van der Waals surface area contributed by atoms with Crippen molar-refractivity contribution in [2.24, 2.45) is 0 Å². The molecule has 1 N–H and O–H groups in total. The van der Waals surface area contributed by atoms with Crippen molar-refractivity contribution in [2.75, 3.05) is 32.7 Å². The van der Waals surface area contributed by atoms with Gasteiger partial charge in [0.2, 0.25) is 15.9 Å². The van der Waals surface area contributed by atoms with Crippen molar-refractivity contribution >= 4 is 21.8 Å². The maximum Gasteiger partial charge on any atom is 0.254 e. The molecule has 0 unspecified atom stereocenters. The molecule has 0 bridgehead atoms. The van der Waals surface area contributed by atoms with Gasteiger partial charge in [0, 0.05) is 26.2 Å². The smallest absolute Gasteiger partial charge is 0.254 e. The Labute approximate surface area is 155 Å². The van der Waals surface area contributed by atoms with Gasteiger partial charge in [-0.15, -0.1) is 0 Å². The molecule has 3 rings (SSSR count). The molecule has 8 nitrogen and oxygen atoms in total. The standard InChI is InChI=1S/C17H18FN3O5S/c18-14-3-1-2-4-15(14)27(24,25)21-8-6-20(7-9-21)16(22)11-19-17(23)13-5-10-26-12-13/h1-5,10,12H,6-9,11H2,(H,19,23). The second kappa shape index (κ2) is 7.89. The minimum Gasteiger partial charge on any atom is -0.472 e. The van der Waals surface area contributed by atoms with E-state index in [-0.39, 0.29) is 43.5 Å². The number of amides is 2. The summed E-state index contributed by atoms with van der Waals surface area (Å²) in [5.74, 6) is -1.56. The number of piperazine rings is 1. The molecular formula is C17H18FN3O5S. The SMILES string of the molecule is O=C(NCC(=O)N1CCN(S(=O)(=O)c2ccccc2F)CC1)c1ccoc1. The molecule has 2 heterocycles. The fraction of sp³-hybridized carbons (Fsp3) is 0.294. The van der Waals surface area contributed by atoms with E-state index in [9.17, 15) is 22.4 Å². The maximum atomic E-state index is 13.8. The summed E-state index contributed by atoms with van der Waals surface area (Å²) in [6.07, 6.45) is 2.62. The molecular weight excluding hydrogens is 377 g/mol. The minimum absolute atomic E-state index is 0.0537. The molecule has 1 saturated heterocycles. The van der Waals surface area contributed by atoms with Gasteiger partial charge in [-0.3, -0.25) is 9.59 Å². The van der Waals surface area contributed by atoms with Crippen molar-refractivity contribution in [1.82, 2.24) is 14.5 Å². The molecule has 1 aromatic carbocycles. The fourth-order valence-electron chi connectivity index (χ4n) is 2.73. The lowest BCUT2D eigenvalue weighted by Crippen LogP contribution is -2.52. The van der Waals surface area contributed by atoms with Crippen LogP contribution in [0, 0.1) is 5.82 Å². The summed E-state index contributed by atoms with van der Waals surface area (Å²) in [5.41, 5.74) is 0.309. The number of carbonyl (C=O) groups is 2. The van der Waals surface area contributed by atoms with E-state index < -0.39 is 21.7 Å². The van der Waals surface area contributed by atoms with Crippen LogP contribution in [0.2, 0.25) is 0 Å². The lowest BCUT2D eigenvalue weighted by Gasteiger charge is -2.34. The lowest BCUT2D eigenvalue weighted by molar-refractivity contribution is -0.131. The van der Waals surface area contributed by atoms with E-state index in [0.29, 0.717) is 5.56 Å². The van der Waals surface area contributed by atoms with Crippen molar-refractivity contribution < 1.29 is 26.8 Å². The minimum atomic E-state index is -3.96. The lowest BCUT2D eigenvalue weighted by atomic mass is 10.3. The predicted octanol–water partition coefficient (Wildman–Crippen LogP) is 0.682. The number of furan rings is 1. The molecule has 144 valence electrons. The summed E-state index contributed by atoms with van der Waals surface area (Å²) < 4.78 is 44.9. The predicted molar refractivity (Wildman–Crippen MR) is 92.8 cm³/mol. The number of rotatable bonds is 5. The van der Waals surface area contributed by atoms with Crippen LogP contribution in [0.3, 0.4) is 0 Å². The van der Waals surface area contributed by atoms with Crippen LogP contribution in [0.1, 0.15) is 10.4 Å². The highest BCUT2D eigenvalue weighted by Crippen LogP contribution is 2.20. The highest BCUT2D eigenvalue weighted by molar-refractivity contribution is 7.89. The normalized spacial score (nSPS) is 15.5. The van der Waals surface area contributed by atoms with E-state index in [1.807, 2.05) is 0 Å². The zero-order valence-electron chi connectivity index (χ0n) is 14.3. The number of carbonyl (C=O) groups excluding carboxylic acids is 2. The van der Waals surface area contributed by atoms with E-state index in [0.717, 1.165) is 10.4 Å². The zero-order chi connectivity index (χ0) is 19.4. The Morgan fingerprint density at radius 2 is 1.81 bits per heavy atom. The van der Waals surface area contributed by atoms with Crippen LogP contribution in [-0.4, -0.2) is 62.2 Å². The molecule has 1 fully saturated rings. The molecule has 2 aromatic rings.